The highest BCUT2D eigenvalue weighted by molar-refractivity contribution is 7.13. The molecule has 0 amide bonds. The Hall–Kier alpha value is -0.610. The third kappa shape index (κ3) is 2.92. The molecule has 1 saturated heterocycles. The Morgan fingerprint density at radius 1 is 1.47 bits per heavy atom. The fourth-order valence-corrected chi connectivity index (χ4v) is 2.78. The van der Waals surface area contributed by atoms with Crippen molar-refractivity contribution in [2.24, 2.45) is 0 Å². The van der Waals surface area contributed by atoms with Crippen molar-refractivity contribution in [1.29, 1.82) is 0 Å². The van der Waals surface area contributed by atoms with E-state index in [-0.39, 0.29) is 0 Å². The summed E-state index contributed by atoms with van der Waals surface area (Å²) in [6, 6.07) is 1.29. The van der Waals surface area contributed by atoms with Gasteiger partial charge in [-0.25, -0.2) is 4.98 Å². The van der Waals surface area contributed by atoms with Gasteiger partial charge in [0.1, 0.15) is 0 Å². The molecular weight excluding hydrogens is 206 g/mol. The molecule has 1 N–H and O–H groups in total. The minimum atomic E-state index is 0.599. The zero-order valence-electron chi connectivity index (χ0n) is 9.44. The van der Waals surface area contributed by atoms with E-state index in [1.165, 1.54) is 18.0 Å². The number of nitrogens with one attached hydrogen (secondary N) is 1. The number of rotatable bonds is 3. The molecule has 1 aliphatic heterocycles. The van der Waals surface area contributed by atoms with E-state index in [2.05, 4.69) is 29.0 Å². The van der Waals surface area contributed by atoms with E-state index in [9.17, 15) is 0 Å². The molecule has 0 radical (unpaired) electrons. The van der Waals surface area contributed by atoms with Gasteiger partial charge in [0.25, 0.3) is 0 Å². The molecule has 84 valence electrons. The number of piperidine rings is 1. The van der Waals surface area contributed by atoms with Gasteiger partial charge in [-0.1, -0.05) is 13.8 Å². The van der Waals surface area contributed by atoms with E-state index < -0.39 is 0 Å². The molecule has 1 aromatic heterocycles. The fraction of sp³-hybridized carbons (Fsp3) is 0.727. The van der Waals surface area contributed by atoms with E-state index in [1.54, 1.807) is 11.3 Å². The highest BCUT2D eigenvalue weighted by atomic mass is 32.1. The van der Waals surface area contributed by atoms with Gasteiger partial charge in [-0.3, -0.25) is 0 Å². The van der Waals surface area contributed by atoms with Crippen LogP contribution in [0.1, 0.15) is 26.7 Å². The maximum atomic E-state index is 4.35. The van der Waals surface area contributed by atoms with Crippen molar-refractivity contribution in [3.63, 3.8) is 0 Å². The van der Waals surface area contributed by atoms with Crippen LogP contribution in [0, 0.1) is 0 Å². The Balaban J connectivity index is 1.82. The molecule has 1 aromatic rings. The Labute approximate surface area is 95.5 Å². The van der Waals surface area contributed by atoms with E-state index >= 15 is 0 Å². The minimum absolute atomic E-state index is 0.599. The van der Waals surface area contributed by atoms with Crippen LogP contribution in [0.4, 0.5) is 5.13 Å². The standard InChI is InChI=1S/C11H19N3S/c1-9(2)13-10-3-6-14(7-4-10)11-12-5-8-15-11/h5,8-10,13H,3-4,6-7H2,1-2H3. The van der Waals surface area contributed by atoms with Crippen molar-refractivity contribution in [3.8, 4) is 0 Å². The summed E-state index contributed by atoms with van der Waals surface area (Å²) in [5, 5.41) is 6.83. The van der Waals surface area contributed by atoms with Gasteiger partial charge in [0.2, 0.25) is 0 Å². The molecular formula is C11H19N3S. The number of anilines is 1. The summed E-state index contributed by atoms with van der Waals surface area (Å²) >= 11 is 1.74. The topological polar surface area (TPSA) is 28.2 Å². The monoisotopic (exact) mass is 225 g/mol. The van der Waals surface area contributed by atoms with Crippen LogP contribution in [0.25, 0.3) is 0 Å². The van der Waals surface area contributed by atoms with Gasteiger partial charge in [0.05, 0.1) is 0 Å². The molecule has 0 unspecified atom stereocenters. The predicted octanol–water partition coefficient (Wildman–Crippen LogP) is 2.11. The maximum absolute atomic E-state index is 4.35. The maximum Gasteiger partial charge on any atom is 0.185 e. The first-order chi connectivity index (χ1) is 7.25. The molecule has 0 spiro atoms. The second-order valence-corrected chi connectivity index (χ2v) is 5.27. The Bertz CT molecular complexity index is 276. The van der Waals surface area contributed by atoms with E-state index in [1.807, 2.05) is 11.6 Å². The fourth-order valence-electron chi connectivity index (χ4n) is 2.08. The predicted molar refractivity (Wildman–Crippen MR) is 65.6 cm³/mol. The smallest absolute Gasteiger partial charge is 0.185 e. The quantitative estimate of drug-likeness (QED) is 0.854. The van der Waals surface area contributed by atoms with Gasteiger partial charge < -0.3 is 10.2 Å². The second-order valence-electron chi connectivity index (χ2n) is 4.40. The number of hydrogen-bond donors (Lipinski definition) is 1. The van der Waals surface area contributed by atoms with E-state index in [0.717, 1.165) is 13.1 Å². The molecule has 2 heterocycles. The van der Waals surface area contributed by atoms with Crippen LogP contribution in [0.5, 0.6) is 0 Å². The highest BCUT2D eigenvalue weighted by Crippen LogP contribution is 2.21. The van der Waals surface area contributed by atoms with Gasteiger partial charge in [0.15, 0.2) is 5.13 Å². The summed E-state index contributed by atoms with van der Waals surface area (Å²) in [7, 11) is 0. The van der Waals surface area contributed by atoms with Crippen molar-refractivity contribution in [3.05, 3.63) is 11.6 Å². The van der Waals surface area contributed by atoms with Crippen molar-refractivity contribution in [1.82, 2.24) is 10.3 Å². The number of thiazole rings is 1. The van der Waals surface area contributed by atoms with Crippen molar-refractivity contribution >= 4 is 16.5 Å². The summed E-state index contributed by atoms with van der Waals surface area (Å²) in [5.41, 5.74) is 0. The highest BCUT2D eigenvalue weighted by Gasteiger charge is 2.20. The molecule has 0 saturated carbocycles. The second kappa shape index (κ2) is 4.94. The first-order valence-electron chi connectivity index (χ1n) is 5.66. The SMILES string of the molecule is CC(C)NC1CCN(c2nccs2)CC1. The summed E-state index contributed by atoms with van der Waals surface area (Å²) in [6.07, 6.45) is 4.36. The molecule has 0 bridgehead atoms. The lowest BCUT2D eigenvalue weighted by molar-refractivity contribution is 0.387. The zero-order chi connectivity index (χ0) is 10.7. The molecule has 1 fully saturated rings. The number of aromatic nitrogens is 1. The summed E-state index contributed by atoms with van der Waals surface area (Å²) < 4.78 is 0. The molecule has 0 atom stereocenters. The summed E-state index contributed by atoms with van der Waals surface area (Å²) in [5.74, 6) is 0. The number of nitrogens with zero attached hydrogens (tertiary/aromatic N) is 2. The minimum Gasteiger partial charge on any atom is -0.348 e. The lowest BCUT2D eigenvalue weighted by Gasteiger charge is -2.33. The Morgan fingerprint density at radius 3 is 2.73 bits per heavy atom. The average Bonchev–Trinajstić information content (AvgIpc) is 2.71. The van der Waals surface area contributed by atoms with Gasteiger partial charge in [-0.2, -0.15) is 0 Å². The van der Waals surface area contributed by atoms with Gasteiger partial charge >= 0.3 is 0 Å². The Morgan fingerprint density at radius 2 is 2.20 bits per heavy atom. The zero-order valence-corrected chi connectivity index (χ0v) is 10.3. The third-order valence-corrected chi connectivity index (χ3v) is 3.59. The normalized spacial score (nSPS) is 18.7. The van der Waals surface area contributed by atoms with Crippen LogP contribution in [-0.2, 0) is 0 Å². The van der Waals surface area contributed by atoms with Crippen LogP contribution in [0.3, 0.4) is 0 Å². The lowest BCUT2D eigenvalue weighted by atomic mass is 10.0. The first kappa shape index (κ1) is 10.9. The Kier molecular flexibility index (Phi) is 3.59. The molecule has 3 nitrogen and oxygen atoms in total. The molecule has 15 heavy (non-hydrogen) atoms. The van der Waals surface area contributed by atoms with Crippen LogP contribution < -0.4 is 10.2 Å². The molecule has 0 aliphatic carbocycles. The molecule has 1 aliphatic rings. The molecule has 4 heteroatoms. The van der Waals surface area contributed by atoms with Gasteiger partial charge in [-0.15, -0.1) is 11.3 Å². The van der Waals surface area contributed by atoms with Crippen molar-refractivity contribution in [2.75, 3.05) is 18.0 Å². The summed E-state index contributed by atoms with van der Waals surface area (Å²) in [6.45, 7) is 6.70. The summed E-state index contributed by atoms with van der Waals surface area (Å²) in [4.78, 5) is 6.74. The average molecular weight is 225 g/mol. The lowest BCUT2D eigenvalue weighted by Crippen LogP contribution is -2.44. The molecule has 0 aromatic carbocycles. The van der Waals surface area contributed by atoms with E-state index in [0.29, 0.717) is 12.1 Å². The largest absolute Gasteiger partial charge is 0.348 e. The van der Waals surface area contributed by atoms with Crippen molar-refractivity contribution < 1.29 is 0 Å². The molecule has 2 rings (SSSR count). The number of hydrogen-bond acceptors (Lipinski definition) is 4. The van der Waals surface area contributed by atoms with Gasteiger partial charge in [-0.05, 0) is 12.8 Å². The van der Waals surface area contributed by atoms with Crippen molar-refractivity contribution in [2.45, 2.75) is 38.8 Å². The third-order valence-electron chi connectivity index (χ3n) is 2.75. The van der Waals surface area contributed by atoms with E-state index in [4.69, 9.17) is 0 Å². The van der Waals surface area contributed by atoms with Crippen LogP contribution >= 0.6 is 11.3 Å². The van der Waals surface area contributed by atoms with Crippen LogP contribution in [0.2, 0.25) is 0 Å². The first-order valence-corrected chi connectivity index (χ1v) is 6.54. The van der Waals surface area contributed by atoms with Crippen LogP contribution in [0.15, 0.2) is 11.6 Å². The van der Waals surface area contributed by atoms with Crippen LogP contribution in [-0.4, -0.2) is 30.2 Å². The van der Waals surface area contributed by atoms with Gasteiger partial charge in [0, 0.05) is 36.8 Å².